The fourth-order valence-corrected chi connectivity index (χ4v) is 1.70. The van der Waals surface area contributed by atoms with E-state index in [1.165, 1.54) is 5.01 Å². The Kier molecular flexibility index (Phi) is 3.38. The summed E-state index contributed by atoms with van der Waals surface area (Å²) >= 11 is 0. The number of rotatable bonds is 2. The SMILES string of the molecule is NC(=O)N(c1cc[c]cc1)N1CCOCC1. The molecule has 1 aromatic rings. The first-order valence-electron chi connectivity index (χ1n) is 5.17. The molecule has 0 spiro atoms. The second-order valence-corrected chi connectivity index (χ2v) is 3.47. The molecular formula is C11H14N3O2. The predicted molar refractivity (Wildman–Crippen MR) is 59.7 cm³/mol. The number of nitrogens with two attached hydrogens (primary N) is 1. The molecule has 1 fully saturated rings. The molecule has 0 atom stereocenters. The number of benzene rings is 1. The number of primary amides is 1. The van der Waals surface area contributed by atoms with Gasteiger partial charge in [0.1, 0.15) is 0 Å². The average molecular weight is 220 g/mol. The van der Waals surface area contributed by atoms with E-state index in [1.807, 2.05) is 5.01 Å². The number of carbonyl (C=O) groups excluding carboxylic acids is 1. The lowest BCUT2D eigenvalue weighted by molar-refractivity contribution is 0.0364. The van der Waals surface area contributed by atoms with Gasteiger partial charge in [0.05, 0.1) is 18.9 Å². The molecule has 5 nitrogen and oxygen atoms in total. The number of carbonyl (C=O) groups is 1. The summed E-state index contributed by atoms with van der Waals surface area (Å²) in [6, 6.07) is 9.55. The molecule has 1 aliphatic heterocycles. The zero-order chi connectivity index (χ0) is 11.4. The number of ether oxygens (including phenoxy) is 1. The molecule has 1 aliphatic rings. The molecule has 16 heavy (non-hydrogen) atoms. The van der Waals surface area contributed by atoms with E-state index in [-0.39, 0.29) is 0 Å². The zero-order valence-corrected chi connectivity index (χ0v) is 8.93. The Morgan fingerprint density at radius 2 is 2.00 bits per heavy atom. The van der Waals surface area contributed by atoms with Crippen LogP contribution in [0.4, 0.5) is 10.5 Å². The monoisotopic (exact) mass is 220 g/mol. The van der Waals surface area contributed by atoms with E-state index in [2.05, 4.69) is 6.07 Å². The fourth-order valence-electron chi connectivity index (χ4n) is 1.70. The number of nitrogens with zero attached hydrogens (tertiary/aromatic N) is 2. The van der Waals surface area contributed by atoms with Gasteiger partial charge in [0.25, 0.3) is 0 Å². The predicted octanol–water partition coefficient (Wildman–Crippen LogP) is 0.619. The zero-order valence-electron chi connectivity index (χ0n) is 8.93. The summed E-state index contributed by atoms with van der Waals surface area (Å²) in [6.45, 7) is 2.56. The van der Waals surface area contributed by atoms with Crippen LogP contribution < -0.4 is 10.7 Å². The largest absolute Gasteiger partial charge is 0.379 e. The van der Waals surface area contributed by atoms with Crippen LogP contribution in [0.15, 0.2) is 24.3 Å². The molecule has 2 N–H and O–H groups in total. The summed E-state index contributed by atoms with van der Waals surface area (Å²) in [5.41, 5.74) is 6.15. The maximum atomic E-state index is 11.5. The number of hydrogen-bond acceptors (Lipinski definition) is 3. The van der Waals surface area contributed by atoms with Crippen molar-refractivity contribution in [3.05, 3.63) is 30.3 Å². The van der Waals surface area contributed by atoms with Gasteiger partial charge in [0.15, 0.2) is 0 Å². The summed E-state index contributed by atoms with van der Waals surface area (Å²) in [5.74, 6) is 0. The molecule has 0 saturated carbocycles. The van der Waals surface area contributed by atoms with Crippen LogP contribution in [-0.2, 0) is 4.74 Å². The normalized spacial score (nSPS) is 17.0. The number of anilines is 1. The minimum absolute atomic E-state index is 0.479. The van der Waals surface area contributed by atoms with Gasteiger partial charge < -0.3 is 10.5 Å². The summed E-state index contributed by atoms with van der Waals surface area (Å²) in [7, 11) is 0. The summed E-state index contributed by atoms with van der Waals surface area (Å²) < 4.78 is 5.24. The van der Waals surface area contributed by atoms with E-state index in [1.54, 1.807) is 24.3 Å². The van der Waals surface area contributed by atoms with Crippen LogP contribution in [0, 0.1) is 6.07 Å². The Hall–Kier alpha value is -1.59. The minimum atomic E-state index is -0.479. The molecule has 2 rings (SSSR count). The highest BCUT2D eigenvalue weighted by Gasteiger charge is 2.22. The molecule has 0 bridgehead atoms. The first-order valence-corrected chi connectivity index (χ1v) is 5.17. The third kappa shape index (κ3) is 2.32. The van der Waals surface area contributed by atoms with Crippen molar-refractivity contribution in [2.45, 2.75) is 0 Å². The van der Waals surface area contributed by atoms with Gasteiger partial charge in [-0.2, -0.15) is 0 Å². The Labute approximate surface area is 94.4 Å². The molecule has 5 heteroatoms. The van der Waals surface area contributed by atoms with Gasteiger partial charge >= 0.3 is 6.03 Å². The van der Waals surface area contributed by atoms with Gasteiger partial charge in [0, 0.05) is 13.1 Å². The molecule has 1 heterocycles. The lowest BCUT2D eigenvalue weighted by Crippen LogP contribution is -2.53. The first-order chi connectivity index (χ1) is 7.79. The third-order valence-corrected chi connectivity index (χ3v) is 2.42. The lowest BCUT2D eigenvalue weighted by atomic mass is 10.3. The van der Waals surface area contributed by atoms with E-state index in [4.69, 9.17) is 10.5 Å². The van der Waals surface area contributed by atoms with E-state index < -0.39 is 6.03 Å². The van der Waals surface area contributed by atoms with E-state index in [0.717, 1.165) is 5.69 Å². The van der Waals surface area contributed by atoms with Crippen LogP contribution in [0.3, 0.4) is 0 Å². The fraction of sp³-hybridized carbons (Fsp3) is 0.364. The summed E-state index contributed by atoms with van der Waals surface area (Å²) in [5, 5.41) is 3.37. The smallest absolute Gasteiger partial charge is 0.334 e. The number of urea groups is 1. The Balaban J connectivity index is 2.20. The quantitative estimate of drug-likeness (QED) is 0.794. The van der Waals surface area contributed by atoms with Crippen molar-refractivity contribution in [2.24, 2.45) is 5.73 Å². The van der Waals surface area contributed by atoms with Crippen molar-refractivity contribution in [3.8, 4) is 0 Å². The van der Waals surface area contributed by atoms with Crippen molar-refractivity contribution >= 4 is 11.7 Å². The molecule has 0 aromatic heterocycles. The highest BCUT2D eigenvalue weighted by atomic mass is 16.5. The standard InChI is InChI=1S/C11H14N3O2/c12-11(15)14(10-4-2-1-3-5-10)13-6-8-16-9-7-13/h2-5H,6-9H2,(H2,12,15). The van der Waals surface area contributed by atoms with Crippen molar-refractivity contribution in [2.75, 3.05) is 31.3 Å². The van der Waals surface area contributed by atoms with Crippen LogP contribution in [0.5, 0.6) is 0 Å². The molecule has 85 valence electrons. The maximum absolute atomic E-state index is 11.5. The van der Waals surface area contributed by atoms with Crippen LogP contribution in [0.2, 0.25) is 0 Å². The average Bonchev–Trinajstić information content (AvgIpc) is 2.31. The van der Waals surface area contributed by atoms with E-state index in [0.29, 0.717) is 26.3 Å². The second-order valence-electron chi connectivity index (χ2n) is 3.47. The van der Waals surface area contributed by atoms with Crippen LogP contribution in [-0.4, -0.2) is 37.3 Å². The van der Waals surface area contributed by atoms with Gasteiger partial charge in [0.2, 0.25) is 0 Å². The molecule has 0 unspecified atom stereocenters. The first kappa shape index (κ1) is 10.9. The van der Waals surface area contributed by atoms with Crippen molar-refractivity contribution in [1.82, 2.24) is 5.01 Å². The van der Waals surface area contributed by atoms with Crippen LogP contribution in [0.1, 0.15) is 0 Å². The number of morpholine rings is 1. The van der Waals surface area contributed by atoms with Gasteiger partial charge in [-0.15, -0.1) is 0 Å². The Morgan fingerprint density at radius 1 is 1.38 bits per heavy atom. The molecule has 0 aliphatic carbocycles. The Morgan fingerprint density at radius 3 is 2.56 bits per heavy atom. The van der Waals surface area contributed by atoms with Gasteiger partial charge in [-0.05, 0) is 18.2 Å². The maximum Gasteiger partial charge on any atom is 0.334 e. The van der Waals surface area contributed by atoms with Gasteiger partial charge in [-0.25, -0.2) is 14.8 Å². The molecule has 1 aromatic carbocycles. The number of amides is 2. The molecule has 1 saturated heterocycles. The van der Waals surface area contributed by atoms with Crippen molar-refractivity contribution in [3.63, 3.8) is 0 Å². The van der Waals surface area contributed by atoms with Crippen LogP contribution >= 0.6 is 0 Å². The van der Waals surface area contributed by atoms with Gasteiger partial charge in [-0.1, -0.05) is 12.1 Å². The van der Waals surface area contributed by atoms with E-state index >= 15 is 0 Å². The topological polar surface area (TPSA) is 58.8 Å². The highest BCUT2D eigenvalue weighted by molar-refractivity contribution is 5.89. The summed E-state index contributed by atoms with van der Waals surface area (Å²) in [4.78, 5) is 11.5. The number of hydrogen-bond donors (Lipinski definition) is 1. The molecule has 2 amide bonds. The third-order valence-electron chi connectivity index (χ3n) is 2.42. The van der Waals surface area contributed by atoms with Crippen molar-refractivity contribution < 1.29 is 9.53 Å². The summed E-state index contributed by atoms with van der Waals surface area (Å²) in [6.07, 6.45) is 0. The van der Waals surface area contributed by atoms with Crippen LogP contribution in [0.25, 0.3) is 0 Å². The van der Waals surface area contributed by atoms with E-state index in [9.17, 15) is 4.79 Å². The Bertz CT molecular complexity index is 350. The van der Waals surface area contributed by atoms with Gasteiger partial charge in [-0.3, -0.25) is 0 Å². The highest BCUT2D eigenvalue weighted by Crippen LogP contribution is 2.16. The minimum Gasteiger partial charge on any atom is -0.379 e. The van der Waals surface area contributed by atoms with Crippen molar-refractivity contribution in [1.29, 1.82) is 0 Å². The second kappa shape index (κ2) is 4.96. The molecule has 1 radical (unpaired) electrons. The number of hydrazine groups is 1. The lowest BCUT2D eigenvalue weighted by Gasteiger charge is -2.35. The molecular weight excluding hydrogens is 206 g/mol.